The average Bonchev–Trinajstić information content (AvgIpc) is 2.33. The van der Waals surface area contributed by atoms with Gasteiger partial charge in [-0.15, -0.1) is 0 Å². The molecular weight excluding hydrogens is 232 g/mol. The van der Waals surface area contributed by atoms with E-state index < -0.39 is 0 Å². The predicted molar refractivity (Wildman–Crippen MR) is 71.3 cm³/mol. The van der Waals surface area contributed by atoms with Crippen LogP contribution in [0.5, 0.6) is 0 Å². The minimum Gasteiger partial charge on any atom is -0.385 e. The Balaban J connectivity index is 3.85. The van der Waals surface area contributed by atoms with Crippen molar-refractivity contribution >= 4 is 11.8 Å². The maximum Gasteiger partial charge on any atom is 0.239 e. The predicted octanol–water partition coefficient (Wildman–Crippen LogP) is 1.18. The summed E-state index contributed by atoms with van der Waals surface area (Å²) in [5, 5.41) is 2.78. The zero-order valence-corrected chi connectivity index (χ0v) is 11.8. The second kappa shape index (κ2) is 11.0. The minimum atomic E-state index is -0.0993. The Bertz CT molecular complexity index is 244. The number of carbonyl (C=O) groups excluding carboxylic acids is 2. The molecule has 0 unspecified atom stereocenters. The van der Waals surface area contributed by atoms with Gasteiger partial charge in [0.2, 0.25) is 11.8 Å². The van der Waals surface area contributed by atoms with Crippen molar-refractivity contribution in [3.05, 3.63) is 0 Å². The lowest BCUT2D eigenvalue weighted by atomic mass is 10.2. The summed E-state index contributed by atoms with van der Waals surface area (Å²) in [4.78, 5) is 24.6. The SMILES string of the molecule is CCCCCN(CC(=O)NCCCOC)C(C)=O. The van der Waals surface area contributed by atoms with Crippen LogP contribution in [0.25, 0.3) is 0 Å². The molecule has 2 amide bonds. The van der Waals surface area contributed by atoms with Gasteiger partial charge in [-0.3, -0.25) is 9.59 Å². The Morgan fingerprint density at radius 2 is 1.94 bits per heavy atom. The van der Waals surface area contributed by atoms with Gasteiger partial charge in [0.1, 0.15) is 0 Å². The van der Waals surface area contributed by atoms with E-state index in [9.17, 15) is 9.59 Å². The first-order valence-electron chi connectivity index (χ1n) is 6.63. The highest BCUT2D eigenvalue weighted by Gasteiger charge is 2.12. The smallest absolute Gasteiger partial charge is 0.239 e. The van der Waals surface area contributed by atoms with Crippen molar-refractivity contribution in [1.82, 2.24) is 10.2 Å². The van der Waals surface area contributed by atoms with Crippen molar-refractivity contribution in [2.45, 2.75) is 39.5 Å². The number of ether oxygens (including phenoxy) is 1. The third kappa shape index (κ3) is 8.98. The van der Waals surface area contributed by atoms with E-state index >= 15 is 0 Å². The molecule has 0 saturated heterocycles. The van der Waals surface area contributed by atoms with Crippen LogP contribution in [-0.2, 0) is 14.3 Å². The molecule has 1 N–H and O–H groups in total. The summed E-state index contributed by atoms with van der Waals surface area (Å²) in [6.45, 7) is 5.66. The van der Waals surface area contributed by atoms with Gasteiger partial charge < -0.3 is 15.0 Å². The third-order valence-electron chi connectivity index (χ3n) is 2.66. The second-order valence-electron chi connectivity index (χ2n) is 4.34. The van der Waals surface area contributed by atoms with Gasteiger partial charge >= 0.3 is 0 Å². The van der Waals surface area contributed by atoms with Crippen LogP contribution in [0, 0.1) is 0 Å². The fourth-order valence-corrected chi connectivity index (χ4v) is 1.57. The van der Waals surface area contributed by atoms with Crippen molar-refractivity contribution < 1.29 is 14.3 Å². The zero-order chi connectivity index (χ0) is 13.8. The number of nitrogens with zero attached hydrogens (tertiary/aromatic N) is 1. The number of amides is 2. The molecule has 18 heavy (non-hydrogen) atoms. The molecule has 0 rings (SSSR count). The summed E-state index contributed by atoms with van der Waals surface area (Å²) >= 11 is 0. The molecular formula is C13H26N2O3. The van der Waals surface area contributed by atoms with Gasteiger partial charge in [0.05, 0.1) is 6.54 Å². The fraction of sp³-hybridized carbons (Fsp3) is 0.846. The van der Waals surface area contributed by atoms with E-state index in [1.54, 1.807) is 12.0 Å². The largest absolute Gasteiger partial charge is 0.385 e. The highest BCUT2D eigenvalue weighted by Crippen LogP contribution is 1.98. The summed E-state index contributed by atoms with van der Waals surface area (Å²) < 4.78 is 4.89. The topological polar surface area (TPSA) is 58.6 Å². The number of rotatable bonds is 10. The molecule has 106 valence electrons. The molecule has 5 nitrogen and oxygen atoms in total. The van der Waals surface area contributed by atoms with Crippen molar-refractivity contribution in [2.24, 2.45) is 0 Å². The molecule has 0 spiro atoms. The van der Waals surface area contributed by atoms with E-state index in [0.717, 1.165) is 25.7 Å². The lowest BCUT2D eigenvalue weighted by molar-refractivity contribution is -0.134. The van der Waals surface area contributed by atoms with Gasteiger partial charge in [0, 0.05) is 33.7 Å². The zero-order valence-electron chi connectivity index (χ0n) is 11.8. The number of unbranched alkanes of at least 4 members (excludes halogenated alkanes) is 2. The van der Waals surface area contributed by atoms with Crippen LogP contribution in [0.1, 0.15) is 39.5 Å². The molecule has 0 aliphatic heterocycles. The first-order valence-corrected chi connectivity index (χ1v) is 6.63. The van der Waals surface area contributed by atoms with Crippen LogP contribution in [0.15, 0.2) is 0 Å². The van der Waals surface area contributed by atoms with Gasteiger partial charge in [-0.05, 0) is 12.8 Å². The van der Waals surface area contributed by atoms with Crippen molar-refractivity contribution in [3.63, 3.8) is 0 Å². The molecule has 0 bridgehead atoms. The number of hydrogen-bond acceptors (Lipinski definition) is 3. The lowest BCUT2D eigenvalue weighted by Crippen LogP contribution is -2.40. The first-order chi connectivity index (χ1) is 8.61. The summed E-state index contributed by atoms with van der Waals surface area (Å²) in [6.07, 6.45) is 3.93. The van der Waals surface area contributed by atoms with E-state index in [1.165, 1.54) is 6.92 Å². The molecule has 0 saturated carbocycles. The van der Waals surface area contributed by atoms with Crippen molar-refractivity contribution in [3.8, 4) is 0 Å². The fourth-order valence-electron chi connectivity index (χ4n) is 1.57. The normalized spacial score (nSPS) is 10.2. The van der Waals surface area contributed by atoms with E-state index in [1.807, 2.05) is 0 Å². The first kappa shape index (κ1) is 16.9. The highest BCUT2D eigenvalue weighted by molar-refractivity contribution is 5.83. The van der Waals surface area contributed by atoms with E-state index in [-0.39, 0.29) is 18.4 Å². The molecule has 0 atom stereocenters. The molecule has 0 aliphatic rings. The van der Waals surface area contributed by atoms with Gasteiger partial charge in [0.25, 0.3) is 0 Å². The molecule has 0 radical (unpaired) electrons. The van der Waals surface area contributed by atoms with Crippen LogP contribution in [0.3, 0.4) is 0 Å². The third-order valence-corrected chi connectivity index (χ3v) is 2.66. The van der Waals surface area contributed by atoms with Crippen LogP contribution < -0.4 is 5.32 Å². The molecule has 5 heteroatoms. The summed E-state index contributed by atoms with van der Waals surface area (Å²) in [6, 6.07) is 0. The number of hydrogen-bond donors (Lipinski definition) is 1. The van der Waals surface area contributed by atoms with Crippen LogP contribution in [0.4, 0.5) is 0 Å². The Morgan fingerprint density at radius 3 is 2.50 bits per heavy atom. The Hall–Kier alpha value is -1.10. The van der Waals surface area contributed by atoms with Crippen LogP contribution in [-0.4, -0.2) is 50.1 Å². The molecule has 0 heterocycles. The van der Waals surface area contributed by atoms with Gasteiger partial charge in [-0.2, -0.15) is 0 Å². The molecule has 0 aromatic heterocycles. The van der Waals surface area contributed by atoms with Gasteiger partial charge in [-0.1, -0.05) is 19.8 Å². The maximum absolute atomic E-state index is 11.6. The van der Waals surface area contributed by atoms with Gasteiger partial charge in [0.15, 0.2) is 0 Å². The summed E-state index contributed by atoms with van der Waals surface area (Å²) in [5.41, 5.74) is 0. The minimum absolute atomic E-state index is 0.0434. The van der Waals surface area contributed by atoms with E-state index in [4.69, 9.17) is 4.74 Å². The lowest BCUT2D eigenvalue weighted by Gasteiger charge is -2.20. The number of nitrogens with one attached hydrogen (secondary N) is 1. The van der Waals surface area contributed by atoms with E-state index in [0.29, 0.717) is 19.7 Å². The van der Waals surface area contributed by atoms with Crippen LogP contribution in [0.2, 0.25) is 0 Å². The molecule has 0 aromatic rings. The Labute approximate surface area is 110 Å². The van der Waals surface area contributed by atoms with Gasteiger partial charge in [-0.25, -0.2) is 0 Å². The summed E-state index contributed by atoms with van der Waals surface area (Å²) in [5.74, 6) is -0.143. The highest BCUT2D eigenvalue weighted by atomic mass is 16.5. The quantitative estimate of drug-likeness (QED) is 0.599. The Kier molecular flexibility index (Phi) is 10.3. The van der Waals surface area contributed by atoms with E-state index in [2.05, 4.69) is 12.2 Å². The number of methoxy groups -OCH3 is 1. The van der Waals surface area contributed by atoms with Crippen molar-refractivity contribution in [2.75, 3.05) is 33.4 Å². The standard InChI is InChI=1S/C13H26N2O3/c1-4-5-6-9-15(12(2)16)11-13(17)14-8-7-10-18-3/h4-11H2,1-3H3,(H,14,17). The van der Waals surface area contributed by atoms with Crippen molar-refractivity contribution in [1.29, 1.82) is 0 Å². The molecule has 0 aliphatic carbocycles. The molecule has 0 aromatic carbocycles. The average molecular weight is 258 g/mol. The summed E-state index contributed by atoms with van der Waals surface area (Å²) in [7, 11) is 1.63. The maximum atomic E-state index is 11.6. The van der Waals surface area contributed by atoms with Crippen LogP contribution >= 0.6 is 0 Å². The monoisotopic (exact) mass is 258 g/mol. The second-order valence-corrected chi connectivity index (χ2v) is 4.34. The number of carbonyl (C=O) groups is 2. The molecule has 0 fully saturated rings. The Morgan fingerprint density at radius 1 is 1.22 bits per heavy atom.